The van der Waals surface area contributed by atoms with Gasteiger partial charge in [0.15, 0.2) is 5.82 Å². The number of rotatable bonds is 10. The van der Waals surface area contributed by atoms with E-state index in [-0.39, 0.29) is 42.7 Å². The Balaban J connectivity index is 0.00000272. The molecule has 1 aromatic heterocycles. The molecular weight excluding hydrogens is 463 g/mol. The number of unbranched alkanes of at least 4 members (excludes halogenated alkanes) is 1. The summed E-state index contributed by atoms with van der Waals surface area (Å²) in [5.74, 6) is 0.984. The molecule has 1 fully saturated rings. The van der Waals surface area contributed by atoms with Gasteiger partial charge in [-0.1, -0.05) is 26.0 Å². The third kappa shape index (κ3) is 7.55. The van der Waals surface area contributed by atoms with Gasteiger partial charge in [0.2, 0.25) is 0 Å². The second-order valence-corrected chi connectivity index (χ2v) is 9.18. The number of nitrogens with zero attached hydrogens (tertiary/aromatic N) is 3. The second kappa shape index (κ2) is 14.1. The number of aryl methyl sites for hydroxylation is 1. The number of carbonyl (C=O) groups excluding carboxylic acids is 1. The van der Waals surface area contributed by atoms with Crippen LogP contribution < -0.4 is 5.32 Å². The Labute approximate surface area is 210 Å². The summed E-state index contributed by atoms with van der Waals surface area (Å²) in [6, 6.07) is 8.01. The molecule has 1 amide bonds. The molecular formula is C24H40Cl2N4O3. The van der Waals surface area contributed by atoms with Crippen molar-refractivity contribution in [2.75, 3.05) is 33.4 Å². The van der Waals surface area contributed by atoms with Crippen molar-refractivity contribution in [2.45, 2.75) is 58.7 Å². The maximum absolute atomic E-state index is 13.9. The highest BCUT2D eigenvalue weighted by molar-refractivity contribution is 5.95. The number of amides is 1. The number of carbonyl (C=O) groups is 1. The zero-order valence-corrected chi connectivity index (χ0v) is 21.8. The van der Waals surface area contributed by atoms with Crippen LogP contribution in [-0.2, 0) is 11.3 Å². The predicted molar refractivity (Wildman–Crippen MR) is 138 cm³/mol. The normalized spacial score (nSPS) is 19.1. The summed E-state index contributed by atoms with van der Waals surface area (Å²) in [4.78, 5) is 20.6. The molecule has 3 atom stereocenters. The highest BCUT2D eigenvalue weighted by Crippen LogP contribution is 2.24. The lowest BCUT2D eigenvalue weighted by atomic mass is 9.90. The van der Waals surface area contributed by atoms with Gasteiger partial charge in [-0.2, -0.15) is 0 Å². The Morgan fingerprint density at radius 2 is 1.97 bits per heavy atom. The zero-order chi connectivity index (χ0) is 22.4. The topological polar surface area (TPSA) is 79.6 Å². The molecule has 0 bridgehead atoms. The van der Waals surface area contributed by atoms with Gasteiger partial charge in [-0.15, -0.1) is 24.8 Å². The number of hydrogen-bond acceptors (Lipinski definition) is 5. The van der Waals surface area contributed by atoms with Crippen molar-refractivity contribution in [3.8, 4) is 0 Å². The molecule has 0 aliphatic carbocycles. The van der Waals surface area contributed by atoms with Gasteiger partial charge < -0.3 is 24.6 Å². The second-order valence-electron chi connectivity index (χ2n) is 9.18. The van der Waals surface area contributed by atoms with Crippen LogP contribution in [0.2, 0.25) is 0 Å². The minimum absolute atomic E-state index is 0. The summed E-state index contributed by atoms with van der Waals surface area (Å²) in [6.45, 7) is 9.76. The van der Waals surface area contributed by atoms with E-state index in [0.717, 1.165) is 49.9 Å². The molecule has 9 heteroatoms. The number of hydrogen-bond donors (Lipinski definition) is 2. The van der Waals surface area contributed by atoms with Crippen molar-refractivity contribution in [3.63, 3.8) is 0 Å². The van der Waals surface area contributed by atoms with Crippen LogP contribution in [0, 0.1) is 11.8 Å². The average Bonchev–Trinajstić information content (AvgIpc) is 3.13. The van der Waals surface area contributed by atoms with Crippen molar-refractivity contribution in [1.29, 1.82) is 0 Å². The number of piperidine rings is 1. The average molecular weight is 504 g/mol. The Morgan fingerprint density at radius 1 is 1.24 bits per heavy atom. The van der Waals surface area contributed by atoms with E-state index < -0.39 is 6.10 Å². The lowest BCUT2D eigenvalue weighted by Gasteiger charge is -2.39. The maximum Gasteiger partial charge on any atom is 0.290 e. The quantitative estimate of drug-likeness (QED) is 0.483. The predicted octanol–water partition coefficient (Wildman–Crippen LogP) is 3.76. The highest BCUT2D eigenvalue weighted by Gasteiger charge is 2.34. The molecule has 33 heavy (non-hydrogen) atoms. The fraction of sp³-hybridized carbons (Fsp3) is 0.667. The van der Waals surface area contributed by atoms with E-state index >= 15 is 0 Å². The first kappa shape index (κ1) is 29.7. The van der Waals surface area contributed by atoms with Gasteiger partial charge >= 0.3 is 0 Å². The number of nitrogens with one attached hydrogen (secondary N) is 1. The van der Waals surface area contributed by atoms with Crippen LogP contribution in [-0.4, -0.2) is 71.0 Å². The van der Waals surface area contributed by atoms with Crippen molar-refractivity contribution in [2.24, 2.45) is 11.8 Å². The molecule has 1 aromatic carbocycles. The SMILES string of the molecule is COCCCCn1c(C(=O)N(CC(C)C)[C@@H]2CNC[C@H]([C@H](C)O)C2)nc2ccccc21.Cl.Cl. The summed E-state index contributed by atoms with van der Waals surface area (Å²) in [6.07, 6.45) is 2.27. The number of fused-ring (bicyclic) bond motifs is 1. The first-order chi connectivity index (χ1) is 14.9. The van der Waals surface area contributed by atoms with Crippen LogP contribution in [0.1, 0.15) is 50.7 Å². The zero-order valence-electron chi connectivity index (χ0n) is 20.2. The lowest BCUT2D eigenvalue weighted by Crippen LogP contribution is -2.54. The van der Waals surface area contributed by atoms with E-state index in [4.69, 9.17) is 9.72 Å². The lowest BCUT2D eigenvalue weighted by molar-refractivity contribution is 0.0435. The Kier molecular flexibility index (Phi) is 12.7. The smallest absolute Gasteiger partial charge is 0.290 e. The number of benzene rings is 1. The first-order valence-electron chi connectivity index (χ1n) is 11.6. The van der Waals surface area contributed by atoms with Crippen molar-refractivity contribution < 1.29 is 14.6 Å². The molecule has 2 aromatic rings. The van der Waals surface area contributed by atoms with Crippen molar-refractivity contribution in [3.05, 3.63) is 30.1 Å². The minimum Gasteiger partial charge on any atom is -0.393 e. The molecule has 1 aliphatic rings. The molecule has 2 heterocycles. The number of halogens is 2. The number of aliphatic hydroxyl groups is 1. The Hall–Kier alpha value is -1.38. The Morgan fingerprint density at radius 3 is 2.64 bits per heavy atom. The monoisotopic (exact) mass is 502 g/mol. The molecule has 2 N–H and O–H groups in total. The van der Waals surface area contributed by atoms with E-state index in [9.17, 15) is 9.90 Å². The third-order valence-electron chi connectivity index (χ3n) is 6.13. The minimum atomic E-state index is -0.392. The molecule has 0 saturated carbocycles. The van der Waals surface area contributed by atoms with Crippen molar-refractivity contribution >= 4 is 41.8 Å². The van der Waals surface area contributed by atoms with Gasteiger partial charge in [0, 0.05) is 45.9 Å². The van der Waals surface area contributed by atoms with Gasteiger partial charge in [-0.3, -0.25) is 4.79 Å². The summed E-state index contributed by atoms with van der Waals surface area (Å²) in [7, 11) is 1.71. The molecule has 7 nitrogen and oxygen atoms in total. The molecule has 188 valence electrons. The van der Waals surface area contributed by atoms with Gasteiger partial charge in [0.05, 0.1) is 17.1 Å². The summed E-state index contributed by atoms with van der Waals surface area (Å²) < 4.78 is 7.26. The van der Waals surface area contributed by atoms with Crippen LogP contribution >= 0.6 is 24.8 Å². The summed E-state index contributed by atoms with van der Waals surface area (Å²) >= 11 is 0. The van der Waals surface area contributed by atoms with E-state index in [2.05, 4.69) is 23.7 Å². The fourth-order valence-corrected chi connectivity index (χ4v) is 4.46. The van der Waals surface area contributed by atoms with Crippen LogP contribution in [0.15, 0.2) is 24.3 Å². The van der Waals surface area contributed by atoms with E-state index in [1.807, 2.05) is 36.1 Å². The number of aliphatic hydroxyl groups excluding tert-OH is 1. The molecule has 1 saturated heterocycles. The molecule has 1 aliphatic heterocycles. The van der Waals surface area contributed by atoms with E-state index in [1.165, 1.54) is 0 Å². The van der Waals surface area contributed by atoms with Gasteiger partial charge in [-0.25, -0.2) is 4.98 Å². The number of para-hydroxylation sites is 2. The molecule has 0 spiro atoms. The van der Waals surface area contributed by atoms with Crippen molar-refractivity contribution in [1.82, 2.24) is 19.8 Å². The highest BCUT2D eigenvalue weighted by atomic mass is 35.5. The number of methoxy groups -OCH3 is 1. The molecule has 0 radical (unpaired) electrons. The summed E-state index contributed by atoms with van der Waals surface area (Å²) in [5, 5.41) is 13.5. The van der Waals surface area contributed by atoms with Gasteiger partial charge in [0.1, 0.15) is 0 Å². The summed E-state index contributed by atoms with van der Waals surface area (Å²) in [5.41, 5.74) is 1.85. The van der Waals surface area contributed by atoms with E-state index in [0.29, 0.717) is 24.9 Å². The van der Waals surface area contributed by atoms with Crippen LogP contribution in [0.5, 0.6) is 0 Å². The van der Waals surface area contributed by atoms with Gasteiger partial charge in [0.25, 0.3) is 5.91 Å². The number of aromatic nitrogens is 2. The number of imidazole rings is 1. The third-order valence-corrected chi connectivity index (χ3v) is 6.13. The standard InChI is InChI=1S/C24H38N4O3.2ClH/c1-17(2)16-28(20-13-19(18(3)29)14-25-15-20)24(30)23-26-21-9-5-6-10-22(21)27(23)11-7-8-12-31-4;;/h5-6,9-10,17-20,25,29H,7-8,11-16H2,1-4H3;2*1H/t18-,19+,20-;;/m0../s1. The van der Waals surface area contributed by atoms with Gasteiger partial charge in [-0.05, 0) is 50.2 Å². The molecule has 3 rings (SSSR count). The first-order valence-corrected chi connectivity index (χ1v) is 11.6. The van der Waals surface area contributed by atoms with E-state index in [1.54, 1.807) is 7.11 Å². The largest absolute Gasteiger partial charge is 0.393 e. The van der Waals surface area contributed by atoms with Crippen LogP contribution in [0.3, 0.4) is 0 Å². The Bertz CT molecular complexity index is 859. The molecule has 0 unspecified atom stereocenters. The van der Waals surface area contributed by atoms with Crippen LogP contribution in [0.4, 0.5) is 0 Å². The maximum atomic E-state index is 13.9. The fourth-order valence-electron chi connectivity index (χ4n) is 4.46. The van der Waals surface area contributed by atoms with Crippen LogP contribution in [0.25, 0.3) is 11.0 Å². The number of ether oxygens (including phenoxy) is 1.